The molecular formula is C11H16ClN3O3S. The van der Waals surface area contributed by atoms with Crippen LogP contribution in [-0.4, -0.2) is 30.6 Å². The molecule has 1 aliphatic rings. The Morgan fingerprint density at radius 2 is 2.21 bits per heavy atom. The number of carbonyl (C=O) groups excluding carboxylic acids is 1. The predicted molar refractivity (Wildman–Crippen MR) is 70.7 cm³/mol. The molecule has 0 radical (unpaired) electrons. The summed E-state index contributed by atoms with van der Waals surface area (Å²) in [6.45, 7) is 3.66. The van der Waals surface area contributed by atoms with Crippen molar-refractivity contribution < 1.29 is 13.2 Å². The maximum Gasteiger partial charge on any atom is 0.273 e. The molecule has 0 bridgehead atoms. The van der Waals surface area contributed by atoms with E-state index in [0.29, 0.717) is 18.0 Å². The molecule has 0 spiro atoms. The molecule has 0 aromatic carbocycles. The molecule has 0 saturated heterocycles. The molecule has 2 rings (SSSR count). The van der Waals surface area contributed by atoms with E-state index in [1.54, 1.807) is 6.92 Å². The average Bonchev–Trinajstić information content (AvgIpc) is 3.05. The van der Waals surface area contributed by atoms with Crippen LogP contribution in [0.1, 0.15) is 42.9 Å². The molecule has 1 aromatic heterocycles. The first-order valence-corrected chi connectivity index (χ1v) is 8.48. The van der Waals surface area contributed by atoms with Crippen LogP contribution >= 0.6 is 10.7 Å². The molecule has 2 N–H and O–H groups in total. The number of aryl methyl sites for hydroxylation is 1. The van der Waals surface area contributed by atoms with E-state index in [-0.39, 0.29) is 16.6 Å². The Morgan fingerprint density at radius 3 is 2.68 bits per heavy atom. The normalized spacial score (nSPS) is 17.2. The summed E-state index contributed by atoms with van der Waals surface area (Å²) in [5.41, 5.74) is 0.193. The number of hydrogen-bond donors (Lipinski definition) is 2. The van der Waals surface area contributed by atoms with Crippen molar-refractivity contribution in [2.45, 2.75) is 44.0 Å². The lowest BCUT2D eigenvalue weighted by atomic mass is 10.2. The fraction of sp³-hybridized carbons (Fsp3) is 0.636. The molecule has 19 heavy (non-hydrogen) atoms. The molecule has 1 unspecified atom stereocenters. The van der Waals surface area contributed by atoms with Gasteiger partial charge in [0.15, 0.2) is 5.69 Å². The van der Waals surface area contributed by atoms with E-state index >= 15 is 0 Å². The standard InChI is InChI=1S/C11H16ClN3O3S/c1-3-8-10(19(12,17)18)9(15-14-8)11(16)13-6(2)7-4-5-7/h6-7H,3-5H2,1-2H3,(H,13,16)(H,14,15). The second kappa shape index (κ2) is 5.13. The van der Waals surface area contributed by atoms with Gasteiger partial charge in [-0.3, -0.25) is 9.89 Å². The Labute approximate surface area is 116 Å². The second-order valence-corrected chi connectivity index (χ2v) is 7.27. The zero-order chi connectivity index (χ0) is 14.2. The number of nitrogens with one attached hydrogen (secondary N) is 2. The fourth-order valence-electron chi connectivity index (χ4n) is 2.01. The van der Waals surface area contributed by atoms with Gasteiger partial charge in [0, 0.05) is 16.7 Å². The van der Waals surface area contributed by atoms with E-state index in [1.165, 1.54) is 0 Å². The Kier molecular flexibility index (Phi) is 3.87. The lowest BCUT2D eigenvalue weighted by Crippen LogP contribution is -2.34. The van der Waals surface area contributed by atoms with Crippen molar-refractivity contribution in [2.24, 2.45) is 5.92 Å². The van der Waals surface area contributed by atoms with Gasteiger partial charge >= 0.3 is 0 Å². The highest BCUT2D eigenvalue weighted by atomic mass is 35.7. The third kappa shape index (κ3) is 3.09. The zero-order valence-electron chi connectivity index (χ0n) is 10.7. The smallest absolute Gasteiger partial charge is 0.273 e. The van der Waals surface area contributed by atoms with Crippen LogP contribution in [0.15, 0.2) is 4.90 Å². The summed E-state index contributed by atoms with van der Waals surface area (Å²) in [5.74, 6) is -0.0285. The van der Waals surface area contributed by atoms with Gasteiger partial charge in [0.1, 0.15) is 4.90 Å². The lowest BCUT2D eigenvalue weighted by Gasteiger charge is -2.11. The van der Waals surface area contributed by atoms with Gasteiger partial charge in [0.05, 0.1) is 5.69 Å². The highest BCUT2D eigenvalue weighted by Crippen LogP contribution is 2.32. The SMILES string of the molecule is CCc1[nH]nc(C(=O)NC(C)C2CC2)c1S(=O)(=O)Cl. The number of aromatic amines is 1. The molecule has 6 nitrogen and oxygen atoms in total. The van der Waals surface area contributed by atoms with Crippen molar-refractivity contribution in [3.05, 3.63) is 11.4 Å². The van der Waals surface area contributed by atoms with Gasteiger partial charge in [0.2, 0.25) is 0 Å². The number of carbonyl (C=O) groups is 1. The number of H-pyrrole nitrogens is 1. The maximum absolute atomic E-state index is 12.1. The molecule has 0 aliphatic heterocycles. The summed E-state index contributed by atoms with van der Waals surface area (Å²) < 4.78 is 23.1. The van der Waals surface area contributed by atoms with Gasteiger partial charge in [-0.05, 0) is 32.1 Å². The van der Waals surface area contributed by atoms with Crippen LogP contribution in [0.2, 0.25) is 0 Å². The van der Waals surface area contributed by atoms with Crippen LogP contribution in [0.3, 0.4) is 0 Å². The number of halogens is 1. The average molecular weight is 306 g/mol. The minimum absolute atomic E-state index is 0.0140. The molecule has 1 atom stereocenters. The summed E-state index contributed by atoms with van der Waals surface area (Å²) in [5, 5.41) is 9.10. The first-order valence-electron chi connectivity index (χ1n) is 6.17. The van der Waals surface area contributed by atoms with Gasteiger partial charge in [-0.25, -0.2) is 8.42 Å². The Balaban J connectivity index is 2.28. The van der Waals surface area contributed by atoms with Crippen LogP contribution in [-0.2, 0) is 15.5 Å². The van der Waals surface area contributed by atoms with Gasteiger partial charge < -0.3 is 5.32 Å². The van der Waals surface area contributed by atoms with E-state index in [0.717, 1.165) is 12.8 Å². The van der Waals surface area contributed by atoms with Crippen molar-refractivity contribution in [1.82, 2.24) is 15.5 Å². The topological polar surface area (TPSA) is 91.9 Å². The fourth-order valence-corrected chi connectivity index (χ4v) is 3.37. The summed E-state index contributed by atoms with van der Waals surface area (Å²) in [6.07, 6.45) is 2.57. The largest absolute Gasteiger partial charge is 0.348 e. The number of hydrogen-bond acceptors (Lipinski definition) is 4. The van der Waals surface area contributed by atoms with Crippen LogP contribution < -0.4 is 5.32 Å². The highest BCUT2D eigenvalue weighted by molar-refractivity contribution is 8.13. The molecule has 1 heterocycles. The van der Waals surface area contributed by atoms with Gasteiger partial charge in [0.25, 0.3) is 15.0 Å². The second-order valence-electron chi connectivity index (χ2n) is 4.77. The van der Waals surface area contributed by atoms with E-state index in [2.05, 4.69) is 15.5 Å². The number of aromatic nitrogens is 2. The van der Waals surface area contributed by atoms with Gasteiger partial charge in [-0.1, -0.05) is 6.92 Å². The monoisotopic (exact) mass is 305 g/mol. The van der Waals surface area contributed by atoms with Crippen molar-refractivity contribution in [2.75, 3.05) is 0 Å². The summed E-state index contributed by atoms with van der Waals surface area (Å²) in [7, 11) is 1.38. The first kappa shape index (κ1) is 14.3. The van der Waals surface area contributed by atoms with E-state index in [9.17, 15) is 13.2 Å². The molecule has 106 valence electrons. The van der Waals surface area contributed by atoms with Crippen molar-refractivity contribution >= 4 is 25.6 Å². The summed E-state index contributed by atoms with van der Waals surface area (Å²) in [4.78, 5) is 11.9. The molecule has 1 fully saturated rings. The summed E-state index contributed by atoms with van der Waals surface area (Å²) in [6, 6.07) is 0.0140. The van der Waals surface area contributed by atoms with Crippen molar-refractivity contribution in [3.63, 3.8) is 0 Å². The quantitative estimate of drug-likeness (QED) is 0.805. The molecule has 8 heteroatoms. The minimum Gasteiger partial charge on any atom is -0.348 e. The van der Waals surface area contributed by atoms with Gasteiger partial charge in [-0.2, -0.15) is 5.10 Å². The number of amides is 1. The van der Waals surface area contributed by atoms with E-state index < -0.39 is 15.0 Å². The van der Waals surface area contributed by atoms with Crippen LogP contribution in [0.25, 0.3) is 0 Å². The summed E-state index contributed by atoms with van der Waals surface area (Å²) >= 11 is 0. The number of rotatable bonds is 5. The van der Waals surface area contributed by atoms with E-state index in [1.807, 2.05) is 6.92 Å². The third-order valence-electron chi connectivity index (χ3n) is 3.29. The Morgan fingerprint density at radius 1 is 1.58 bits per heavy atom. The molecule has 1 aliphatic carbocycles. The van der Waals surface area contributed by atoms with E-state index in [4.69, 9.17) is 10.7 Å². The number of nitrogens with zero attached hydrogens (tertiary/aromatic N) is 1. The van der Waals surface area contributed by atoms with Crippen LogP contribution in [0.5, 0.6) is 0 Å². The van der Waals surface area contributed by atoms with Gasteiger partial charge in [-0.15, -0.1) is 0 Å². The maximum atomic E-state index is 12.1. The zero-order valence-corrected chi connectivity index (χ0v) is 12.3. The first-order chi connectivity index (χ1) is 8.84. The Hall–Kier alpha value is -1.08. The van der Waals surface area contributed by atoms with Crippen molar-refractivity contribution in [1.29, 1.82) is 0 Å². The molecule has 1 aromatic rings. The highest BCUT2D eigenvalue weighted by Gasteiger charge is 2.32. The minimum atomic E-state index is -4.00. The van der Waals surface area contributed by atoms with Crippen LogP contribution in [0.4, 0.5) is 0 Å². The third-order valence-corrected chi connectivity index (χ3v) is 4.68. The molecule has 1 amide bonds. The van der Waals surface area contributed by atoms with Crippen molar-refractivity contribution in [3.8, 4) is 0 Å². The molecule has 1 saturated carbocycles. The lowest BCUT2D eigenvalue weighted by molar-refractivity contribution is 0.0927. The van der Waals surface area contributed by atoms with Crippen LogP contribution in [0, 0.1) is 5.92 Å². The predicted octanol–water partition coefficient (Wildman–Crippen LogP) is 1.43. The molecular weight excluding hydrogens is 290 g/mol. The Bertz CT molecular complexity index is 592.